The van der Waals surface area contributed by atoms with Crippen molar-refractivity contribution in [2.24, 2.45) is 0 Å². The highest BCUT2D eigenvalue weighted by Gasteiger charge is 2.11. The van der Waals surface area contributed by atoms with E-state index in [9.17, 15) is 0 Å². The molecule has 2 aromatic rings. The summed E-state index contributed by atoms with van der Waals surface area (Å²) in [4.78, 5) is 10.0. The van der Waals surface area contributed by atoms with E-state index >= 15 is 0 Å². The number of likely N-dealkylation sites (N-methyl/N-ethyl adjacent to an activating group) is 1. The van der Waals surface area contributed by atoms with Crippen LogP contribution in [0.1, 0.15) is 27.6 Å². The first kappa shape index (κ1) is 14.2. The molecule has 2 rings (SSSR count). The van der Waals surface area contributed by atoms with Gasteiger partial charge in [0.05, 0.1) is 10.7 Å². The van der Waals surface area contributed by atoms with Gasteiger partial charge in [0, 0.05) is 29.7 Å². The molecule has 0 aromatic carbocycles. The molecule has 0 saturated carbocycles. The van der Waals surface area contributed by atoms with Gasteiger partial charge in [0.2, 0.25) is 0 Å². The number of thiazole rings is 1. The van der Waals surface area contributed by atoms with E-state index in [1.54, 1.807) is 0 Å². The molecule has 0 aliphatic carbocycles. The van der Waals surface area contributed by atoms with Crippen LogP contribution < -0.4 is 5.32 Å². The SMILES string of the molecule is CNC(CCc1ccncc1)Cc1nc(C)c(C)s1. The van der Waals surface area contributed by atoms with E-state index in [4.69, 9.17) is 0 Å². The monoisotopic (exact) mass is 275 g/mol. The van der Waals surface area contributed by atoms with Crippen molar-refractivity contribution < 1.29 is 0 Å². The summed E-state index contributed by atoms with van der Waals surface area (Å²) in [6, 6.07) is 4.66. The Morgan fingerprint density at radius 1 is 1.26 bits per heavy atom. The van der Waals surface area contributed by atoms with Gasteiger partial charge < -0.3 is 5.32 Å². The fourth-order valence-corrected chi connectivity index (χ4v) is 3.09. The highest BCUT2D eigenvalue weighted by molar-refractivity contribution is 7.11. The predicted molar refractivity (Wildman–Crippen MR) is 80.7 cm³/mol. The first-order valence-electron chi connectivity index (χ1n) is 6.68. The van der Waals surface area contributed by atoms with Crippen LogP contribution in [0.25, 0.3) is 0 Å². The summed E-state index contributed by atoms with van der Waals surface area (Å²) in [6.45, 7) is 4.22. The molecular weight excluding hydrogens is 254 g/mol. The third kappa shape index (κ3) is 4.11. The summed E-state index contributed by atoms with van der Waals surface area (Å²) in [5.74, 6) is 0. The van der Waals surface area contributed by atoms with Gasteiger partial charge in [0.15, 0.2) is 0 Å². The first-order chi connectivity index (χ1) is 9.19. The largest absolute Gasteiger partial charge is 0.317 e. The molecule has 2 aromatic heterocycles. The molecule has 1 unspecified atom stereocenters. The molecule has 4 heteroatoms. The fourth-order valence-electron chi connectivity index (χ4n) is 2.08. The number of hydrogen-bond donors (Lipinski definition) is 1. The topological polar surface area (TPSA) is 37.8 Å². The van der Waals surface area contributed by atoms with Gasteiger partial charge in [-0.15, -0.1) is 11.3 Å². The zero-order valence-corrected chi connectivity index (χ0v) is 12.6. The number of rotatable bonds is 6. The lowest BCUT2D eigenvalue weighted by atomic mass is 10.0. The molecule has 0 radical (unpaired) electrons. The summed E-state index contributed by atoms with van der Waals surface area (Å²) in [7, 11) is 2.03. The van der Waals surface area contributed by atoms with Crippen LogP contribution in [0.4, 0.5) is 0 Å². The van der Waals surface area contributed by atoms with Gasteiger partial charge in [0.1, 0.15) is 0 Å². The maximum absolute atomic E-state index is 4.62. The summed E-state index contributed by atoms with van der Waals surface area (Å²) >= 11 is 1.82. The van der Waals surface area contributed by atoms with Crippen molar-refractivity contribution >= 4 is 11.3 Å². The lowest BCUT2D eigenvalue weighted by Crippen LogP contribution is -2.28. The van der Waals surface area contributed by atoms with Crippen LogP contribution in [0.5, 0.6) is 0 Å². The van der Waals surface area contributed by atoms with E-state index in [-0.39, 0.29) is 0 Å². The van der Waals surface area contributed by atoms with Crippen molar-refractivity contribution in [3.8, 4) is 0 Å². The Balaban J connectivity index is 1.90. The van der Waals surface area contributed by atoms with Gasteiger partial charge in [-0.1, -0.05) is 0 Å². The van der Waals surface area contributed by atoms with Crippen LogP contribution in [0, 0.1) is 13.8 Å². The lowest BCUT2D eigenvalue weighted by Gasteiger charge is -2.14. The first-order valence-corrected chi connectivity index (χ1v) is 7.49. The number of pyridine rings is 1. The average Bonchev–Trinajstić information content (AvgIpc) is 2.74. The molecule has 0 spiro atoms. The van der Waals surface area contributed by atoms with Crippen molar-refractivity contribution in [2.75, 3.05) is 7.05 Å². The fraction of sp³-hybridized carbons (Fsp3) is 0.467. The Hall–Kier alpha value is -1.26. The lowest BCUT2D eigenvalue weighted by molar-refractivity contribution is 0.519. The molecule has 3 nitrogen and oxygen atoms in total. The Morgan fingerprint density at radius 3 is 2.58 bits per heavy atom. The van der Waals surface area contributed by atoms with Crippen LogP contribution in [0.3, 0.4) is 0 Å². The average molecular weight is 275 g/mol. The minimum Gasteiger partial charge on any atom is -0.317 e. The number of aromatic nitrogens is 2. The quantitative estimate of drug-likeness (QED) is 0.881. The van der Waals surface area contributed by atoms with E-state index in [2.05, 4.69) is 41.3 Å². The molecular formula is C15H21N3S. The molecule has 2 heterocycles. The second-order valence-corrected chi connectivity index (χ2v) is 6.12. The molecule has 102 valence electrons. The van der Waals surface area contributed by atoms with E-state index in [1.165, 1.54) is 21.1 Å². The van der Waals surface area contributed by atoms with E-state index in [0.29, 0.717) is 6.04 Å². The van der Waals surface area contributed by atoms with Crippen molar-refractivity contribution in [2.45, 2.75) is 39.2 Å². The summed E-state index contributed by atoms with van der Waals surface area (Å²) in [5, 5.41) is 4.64. The Morgan fingerprint density at radius 2 is 2.00 bits per heavy atom. The maximum atomic E-state index is 4.62. The summed E-state index contributed by atoms with van der Waals surface area (Å²) in [6.07, 6.45) is 6.94. The molecule has 19 heavy (non-hydrogen) atoms. The van der Waals surface area contributed by atoms with Crippen LogP contribution in [0.15, 0.2) is 24.5 Å². The van der Waals surface area contributed by atoms with Crippen LogP contribution in [-0.2, 0) is 12.8 Å². The highest BCUT2D eigenvalue weighted by Crippen LogP contribution is 2.19. The van der Waals surface area contributed by atoms with Crippen LogP contribution in [0.2, 0.25) is 0 Å². The van der Waals surface area contributed by atoms with Gasteiger partial charge in [-0.05, 0) is 51.4 Å². The summed E-state index contributed by atoms with van der Waals surface area (Å²) in [5.41, 5.74) is 2.52. The normalized spacial score (nSPS) is 12.6. The van der Waals surface area contributed by atoms with Gasteiger partial charge in [0.25, 0.3) is 0 Å². The second-order valence-electron chi connectivity index (χ2n) is 4.83. The standard InChI is InChI=1S/C15H21N3S/c1-11-12(2)19-15(18-11)10-14(16-3)5-4-13-6-8-17-9-7-13/h6-9,14,16H,4-5,10H2,1-3H3. The van der Waals surface area contributed by atoms with Gasteiger partial charge in [-0.3, -0.25) is 4.98 Å². The summed E-state index contributed by atoms with van der Waals surface area (Å²) < 4.78 is 0. The van der Waals surface area contributed by atoms with Crippen molar-refractivity contribution in [1.82, 2.24) is 15.3 Å². The Labute approximate surface area is 119 Å². The van der Waals surface area contributed by atoms with Crippen molar-refractivity contribution in [3.05, 3.63) is 45.7 Å². The van der Waals surface area contributed by atoms with Gasteiger partial charge in [-0.25, -0.2) is 4.98 Å². The number of hydrogen-bond acceptors (Lipinski definition) is 4. The van der Waals surface area contributed by atoms with E-state index < -0.39 is 0 Å². The third-order valence-electron chi connectivity index (χ3n) is 3.43. The number of nitrogens with zero attached hydrogens (tertiary/aromatic N) is 2. The molecule has 1 N–H and O–H groups in total. The van der Waals surface area contributed by atoms with Crippen molar-refractivity contribution in [1.29, 1.82) is 0 Å². The molecule has 0 bridgehead atoms. The van der Waals surface area contributed by atoms with E-state index in [1.807, 2.05) is 30.8 Å². The number of aryl methyl sites for hydroxylation is 3. The van der Waals surface area contributed by atoms with Crippen LogP contribution in [-0.4, -0.2) is 23.1 Å². The predicted octanol–water partition coefficient (Wildman–Crippen LogP) is 2.92. The molecule has 0 saturated heterocycles. The maximum Gasteiger partial charge on any atom is 0.0946 e. The van der Waals surface area contributed by atoms with Crippen LogP contribution >= 0.6 is 11.3 Å². The molecule has 0 amide bonds. The minimum atomic E-state index is 0.484. The minimum absolute atomic E-state index is 0.484. The molecule has 0 aliphatic rings. The van der Waals surface area contributed by atoms with E-state index in [0.717, 1.165) is 19.3 Å². The van der Waals surface area contributed by atoms with Crippen molar-refractivity contribution in [3.63, 3.8) is 0 Å². The second kappa shape index (κ2) is 6.78. The zero-order valence-electron chi connectivity index (χ0n) is 11.8. The molecule has 0 aliphatic heterocycles. The third-order valence-corrected chi connectivity index (χ3v) is 4.53. The highest BCUT2D eigenvalue weighted by atomic mass is 32.1. The molecule has 1 atom stereocenters. The smallest absolute Gasteiger partial charge is 0.0946 e. The van der Waals surface area contributed by atoms with Gasteiger partial charge >= 0.3 is 0 Å². The zero-order chi connectivity index (χ0) is 13.7. The Kier molecular flexibility index (Phi) is 5.05. The Bertz CT molecular complexity index is 488. The van der Waals surface area contributed by atoms with Gasteiger partial charge in [-0.2, -0.15) is 0 Å². The molecule has 0 fully saturated rings. The number of nitrogens with one attached hydrogen (secondary N) is 1.